The maximum absolute atomic E-state index is 9.76. The third kappa shape index (κ3) is 2.34. The van der Waals surface area contributed by atoms with Crippen molar-refractivity contribution < 1.29 is 5.11 Å². The lowest BCUT2D eigenvalue weighted by Crippen LogP contribution is -2.06. The van der Waals surface area contributed by atoms with Gasteiger partial charge in [-0.05, 0) is 31.0 Å². The molecule has 0 radical (unpaired) electrons. The molecule has 1 aromatic carbocycles. The molecule has 0 heterocycles. The summed E-state index contributed by atoms with van der Waals surface area (Å²) in [6, 6.07) is 7.66. The normalized spacial score (nSPS) is 14.5. The van der Waals surface area contributed by atoms with Crippen molar-refractivity contribution in [1.29, 1.82) is 5.26 Å². The van der Waals surface area contributed by atoms with Crippen LogP contribution in [0.2, 0.25) is 0 Å². The number of nitriles is 1. The zero-order valence-electron chi connectivity index (χ0n) is 8.16. The molecular weight excluding hydrogens is 242 g/mol. The Kier molecular flexibility index (Phi) is 3.68. The number of aryl methyl sites for hydroxylation is 1. The summed E-state index contributed by atoms with van der Waals surface area (Å²) in [6.07, 6.45) is -0.711. The Hall–Kier alpha value is -0.850. The van der Waals surface area contributed by atoms with Gasteiger partial charge in [-0.1, -0.05) is 28.1 Å². The third-order valence-corrected chi connectivity index (χ3v) is 3.07. The minimum Gasteiger partial charge on any atom is -0.387 e. The molecule has 0 bridgehead atoms. The smallest absolute Gasteiger partial charge is 0.0945 e. The lowest BCUT2D eigenvalue weighted by Gasteiger charge is -2.13. The van der Waals surface area contributed by atoms with E-state index < -0.39 is 6.10 Å². The molecule has 0 aliphatic carbocycles. The van der Waals surface area contributed by atoms with Crippen LogP contribution < -0.4 is 0 Å². The molecule has 0 amide bonds. The lowest BCUT2D eigenvalue weighted by molar-refractivity contribution is 0.142. The maximum atomic E-state index is 9.76. The molecule has 1 N–H and O–H groups in total. The Morgan fingerprint density at radius 3 is 2.64 bits per heavy atom. The molecule has 2 atom stereocenters. The molecule has 0 aliphatic heterocycles. The highest BCUT2D eigenvalue weighted by Crippen LogP contribution is 2.25. The molecule has 74 valence electrons. The first-order chi connectivity index (χ1) is 6.56. The van der Waals surface area contributed by atoms with Crippen molar-refractivity contribution in [2.75, 3.05) is 0 Å². The summed E-state index contributed by atoms with van der Waals surface area (Å²) in [5, 5.41) is 18.4. The van der Waals surface area contributed by atoms with Crippen LogP contribution in [0.1, 0.15) is 24.2 Å². The quantitative estimate of drug-likeness (QED) is 0.881. The molecule has 1 rings (SSSR count). The van der Waals surface area contributed by atoms with Crippen molar-refractivity contribution in [1.82, 2.24) is 0 Å². The van der Waals surface area contributed by atoms with Gasteiger partial charge in [0.05, 0.1) is 18.1 Å². The predicted molar refractivity (Wildman–Crippen MR) is 58.6 cm³/mol. The van der Waals surface area contributed by atoms with Crippen LogP contribution in [0, 0.1) is 24.2 Å². The molecule has 0 aliphatic rings. The fourth-order valence-corrected chi connectivity index (χ4v) is 1.55. The van der Waals surface area contributed by atoms with E-state index in [9.17, 15) is 5.11 Å². The van der Waals surface area contributed by atoms with Crippen LogP contribution >= 0.6 is 15.9 Å². The van der Waals surface area contributed by atoms with Crippen LogP contribution in [0.3, 0.4) is 0 Å². The second-order valence-electron chi connectivity index (χ2n) is 3.37. The van der Waals surface area contributed by atoms with Crippen LogP contribution in [0.4, 0.5) is 0 Å². The minimum atomic E-state index is -0.711. The van der Waals surface area contributed by atoms with Crippen LogP contribution in [0.5, 0.6) is 0 Å². The van der Waals surface area contributed by atoms with Gasteiger partial charge in [0, 0.05) is 4.47 Å². The number of hydrogen-bond donors (Lipinski definition) is 1. The molecule has 3 heteroatoms. The fourth-order valence-electron chi connectivity index (χ4n) is 1.15. The van der Waals surface area contributed by atoms with E-state index in [4.69, 9.17) is 5.26 Å². The van der Waals surface area contributed by atoms with Crippen molar-refractivity contribution >= 4 is 15.9 Å². The topological polar surface area (TPSA) is 44.0 Å². The molecule has 0 spiro atoms. The standard InChI is InChI=1S/C11H12BrNO/c1-7-3-4-9(5-10(7)12)11(14)8(2)6-13/h3-5,8,11,14H,1-2H3. The van der Waals surface area contributed by atoms with Gasteiger partial charge >= 0.3 is 0 Å². The van der Waals surface area contributed by atoms with Crippen molar-refractivity contribution in [3.05, 3.63) is 33.8 Å². The summed E-state index contributed by atoms with van der Waals surface area (Å²) in [7, 11) is 0. The van der Waals surface area contributed by atoms with Crippen LogP contribution in [-0.4, -0.2) is 5.11 Å². The van der Waals surface area contributed by atoms with Crippen LogP contribution in [0.15, 0.2) is 22.7 Å². The molecule has 1 aromatic rings. The molecule has 14 heavy (non-hydrogen) atoms. The monoisotopic (exact) mass is 253 g/mol. The van der Waals surface area contributed by atoms with Gasteiger partial charge < -0.3 is 5.11 Å². The number of rotatable bonds is 2. The summed E-state index contributed by atoms with van der Waals surface area (Å²) < 4.78 is 0.958. The van der Waals surface area contributed by atoms with E-state index >= 15 is 0 Å². The second-order valence-corrected chi connectivity index (χ2v) is 4.23. The van der Waals surface area contributed by atoms with Crippen LogP contribution in [-0.2, 0) is 0 Å². The number of hydrogen-bond acceptors (Lipinski definition) is 2. The molecule has 0 saturated heterocycles. The number of aliphatic hydroxyl groups excluding tert-OH is 1. The van der Waals surface area contributed by atoms with Crippen molar-refractivity contribution in [3.63, 3.8) is 0 Å². The highest BCUT2D eigenvalue weighted by molar-refractivity contribution is 9.10. The first-order valence-corrected chi connectivity index (χ1v) is 5.19. The lowest BCUT2D eigenvalue weighted by atomic mass is 9.98. The summed E-state index contributed by atoms with van der Waals surface area (Å²) in [5.74, 6) is -0.385. The van der Waals surface area contributed by atoms with E-state index in [1.54, 1.807) is 6.92 Å². The highest BCUT2D eigenvalue weighted by atomic mass is 79.9. The van der Waals surface area contributed by atoms with Gasteiger partial charge in [-0.25, -0.2) is 0 Å². The Morgan fingerprint density at radius 1 is 1.50 bits per heavy atom. The van der Waals surface area contributed by atoms with Crippen LogP contribution in [0.25, 0.3) is 0 Å². The highest BCUT2D eigenvalue weighted by Gasteiger charge is 2.15. The average Bonchev–Trinajstić information content (AvgIpc) is 2.20. The Morgan fingerprint density at radius 2 is 2.14 bits per heavy atom. The van der Waals surface area contributed by atoms with Gasteiger partial charge in [-0.2, -0.15) is 5.26 Å². The Bertz CT molecular complexity index is 370. The van der Waals surface area contributed by atoms with E-state index in [1.165, 1.54) is 0 Å². The average molecular weight is 254 g/mol. The first kappa shape index (κ1) is 11.2. The van der Waals surface area contributed by atoms with Crippen molar-refractivity contribution in [2.45, 2.75) is 20.0 Å². The number of aliphatic hydroxyl groups is 1. The van der Waals surface area contributed by atoms with Gasteiger partial charge in [-0.3, -0.25) is 0 Å². The molecule has 0 aromatic heterocycles. The van der Waals surface area contributed by atoms with Gasteiger partial charge in [-0.15, -0.1) is 0 Å². The second kappa shape index (κ2) is 4.59. The Balaban J connectivity index is 2.98. The fraction of sp³-hybridized carbons (Fsp3) is 0.364. The zero-order chi connectivity index (χ0) is 10.7. The largest absolute Gasteiger partial charge is 0.387 e. The minimum absolute atomic E-state index is 0.385. The maximum Gasteiger partial charge on any atom is 0.0945 e. The summed E-state index contributed by atoms with van der Waals surface area (Å²) in [5.41, 5.74) is 1.89. The van der Waals surface area contributed by atoms with E-state index in [-0.39, 0.29) is 5.92 Å². The zero-order valence-corrected chi connectivity index (χ0v) is 9.75. The van der Waals surface area contributed by atoms with Gasteiger partial charge in [0.15, 0.2) is 0 Å². The summed E-state index contributed by atoms with van der Waals surface area (Å²) in [4.78, 5) is 0. The van der Waals surface area contributed by atoms with E-state index in [1.807, 2.05) is 31.2 Å². The number of benzene rings is 1. The van der Waals surface area contributed by atoms with Gasteiger partial charge in [0.2, 0.25) is 0 Å². The third-order valence-electron chi connectivity index (χ3n) is 2.21. The van der Waals surface area contributed by atoms with Gasteiger partial charge in [0.25, 0.3) is 0 Å². The molecule has 0 fully saturated rings. The van der Waals surface area contributed by atoms with E-state index in [0.29, 0.717) is 0 Å². The Labute approximate surface area is 92.3 Å². The molecule has 2 nitrogen and oxygen atoms in total. The number of nitrogens with zero attached hydrogens (tertiary/aromatic N) is 1. The molecular formula is C11H12BrNO. The molecule has 2 unspecified atom stereocenters. The first-order valence-electron chi connectivity index (χ1n) is 4.40. The molecule has 0 saturated carbocycles. The summed E-state index contributed by atoms with van der Waals surface area (Å²) in [6.45, 7) is 3.69. The van der Waals surface area contributed by atoms with Crippen molar-refractivity contribution in [3.8, 4) is 6.07 Å². The van der Waals surface area contributed by atoms with Gasteiger partial charge in [0.1, 0.15) is 0 Å². The summed E-state index contributed by atoms with van der Waals surface area (Å²) >= 11 is 3.39. The van der Waals surface area contributed by atoms with Crippen molar-refractivity contribution in [2.24, 2.45) is 5.92 Å². The predicted octanol–water partition coefficient (Wildman–Crippen LogP) is 2.95. The van der Waals surface area contributed by atoms with E-state index in [2.05, 4.69) is 15.9 Å². The number of halogens is 1. The SMILES string of the molecule is Cc1ccc(C(O)C(C)C#N)cc1Br. The van der Waals surface area contributed by atoms with E-state index in [0.717, 1.165) is 15.6 Å².